The van der Waals surface area contributed by atoms with Crippen molar-refractivity contribution >= 4 is 56.4 Å². The minimum Gasteiger partial charge on any atom is -0.383 e. The van der Waals surface area contributed by atoms with E-state index in [4.69, 9.17) is 27.9 Å². The lowest BCUT2D eigenvalue weighted by Gasteiger charge is -2.25. The Morgan fingerprint density at radius 2 is 1.61 bits per heavy atom. The van der Waals surface area contributed by atoms with Gasteiger partial charge < -0.3 is 15.4 Å². The summed E-state index contributed by atoms with van der Waals surface area (Å²) in [5.74, 6) is -1.08. The molecule has 0 saturated carbocycles. The minimum atomic E-state index is -4.17. The highest BCUT2D eigenvalue weighted by Gasteiger charge is 2.28. The summed E-state index contributed by atoms with van der Waals surface area (Å²) in [6.07, 6.45) is 0. The van der Waals surface area contributed by atoms with Crippen molar-refractivity contribution in [1.29, 1.82) is 0 Å². The Morgan fingerprint density at radius 3 is 2.25 bits per heavy atom. The number of hydrogen-bond acceptors (Lipinski definition) is 5. The van der Waals surface area contributed by atoms with E-state index in [2.05, 4.69) is 10.6 Å². The lowest BCUT2D eigenvalue weighted by Crippen LogP contribution is -2.38. The second-order valence-corrected chi connectivity index (χ2v) is 10.5. The third-order valence-electron chi connectivity index (χ3n) is 5.07. The van der Waals surface area contributed by atoms with Gasteiger partial charge >= 0.3 is 0 Å². The third kappa shape index (κ3) is 6.98. The molecule has 11 heteroatoms. The Morgan fingerprint density at radius 1 is 0.972 bits per heavy atom. The number of anilines is 2. The van der Waals surface area contributed by atoms with Gasteiger partial charge in [0.1, 0.15) is 6.54 Å². The number of para-hydroxylation sites is 1. The highest BCUT2D eigenvalue weighted by atomic mass is 35.5. The highest BCUT2D eigenvalue weighted by molar-refractivity contribution is 7.92. The molecule has 0 atom stereocenters. The number of nitrogens with zero attached hydrogens (tertiary/aromatic N) is 1. The topological polar surface area (TPSA) is 105 Å². The molecule has 0 aliphatic heterocycles. The molecule has 3 aromatic carbocycles. The molecule has 0 unspecified atom stereocenters. The lowest BCUT2D eigenvalue weighted by atomic mass is 10.1. The molecule has 3 aromatic rings. The van der Waals surface area contributed by atoms with Gasteiger partial charge in [0, 0.05) is 23.7 Å². The van der Waals surface area contributed by atoms with Crippen LogP contribution < -0.4 is 14.9 Å². The Labute approximate surface area is 220 Å². The molecule has 0 spiro atoms. The van der Waals surface area contributed by atoms with Crippen LogP contribution in [0.5, 0.6) is 0 Å². The van der Waals surface area contributed by atoms with E-state index in [9.17, 15) is 18.0 Å². The zero-order chi connectivity index (χ0) is 26.3. The maximum absolute atomic E-state index is 13.6. The normalized spacial score (nSPS) is 11.1. The van der Waals surface area contributed by atoms with Crippen LogP contribution in [0.1, 0.15) is 15.9 Å². The molecule has 0 aliphatic rings. The Kier molecular flexibility index (Phi) is 9.33. The molecule has 2 amide bonds. The number of carbonyl (C=O) groups is 2. The Balaban J connectivity index is 1.92. The first kappa shape index (κ1) is 27.5. The lowest BCUT2D eigenvalue weighted by molar-refractivity contribution is -0.114. The number of rotatable bonds is 10. The van der Waals surface area contributed by atoms with Crippen LogP contribution in [-0.2, 0) is 19.6 Å². The molecular formula is C25H25Cl2N3O5S. The molecule has 36 heavy (non-hydrogen) atoms. The molecule has 0 heterocycles. The maximum atomic E-state index is 13.6. The van der Waals surface area contributed by atoms with Crippen LogP contribution >= 0.6 is 23.2 Å². The van der Waals surface area contributed by atoms with Crippen molar-refractivity contribution in [3.05, 3.63) is 87.9 Å². The number of sulfonamides is 1. The number of amides is 2. The largest absolute Gasteiger partial charge is 0.383 e. The molecule has 190 valence electrons. The fourth-order valence-electron chi connectivity index (χ4n) is 3.31. The molecule has 3 rings (SSSR count). The number of carbonyl (C=O) groups excluding carboxylic acids is 2. The van der Waals surface area contributed by atoms with Gasteiger partial charge in [0.2, 0.25) is 5.91 Å². The van der Waals surface area contributed by atoms with Crippen molar-refractivity contribution in [2.45, 2.75) is 11.8 Å². The number of hydrogen-bond donors (Lipinski definition) is 2. The first-order valence-electron chi connectivity index (χ1n) is 10.8. The standard InChI is InChI=1S/C25H25Cl2N3O5S/c1-17-7-9-21(10-8-17)36(33,34)30(20-14-18(26)13-19(27)15-20)16-24(31)29-23-6-4-3-5-22(23)25(32)28-11-12-35-2/h3-10,13-15H,11-12,16H2,1-2H3,(H,28,32)(H,29,31). The van der Waals surface area contributed by atoms with Crippen LogP contribution in [-0.4, -0.2) is 47.0 Å². The number of halogens is 2. The van der Waals surface area contributed by atoms with Gasteiger partial charge in [-0.15, -0.1) is 0 Å². The van der Waals surface area contributed by atoms with Gasteiger partial charge in [-0.25, -0.2) is 8.42 Å². The van der Waals surface area contributed by atoms with E-state index in [1.54, 1.807) is 36.4 Å². The quantitative estimate of drug-likeness (QED) is 0.362. The second kappa shape index (κ2) is 12.2. The van der Waals surface area contributed by atoms with E-state index in [1.807, 2.05) is 6.92 Å². The summed E-state index contributed by atoms with van der Waals surface area (Å²) in [7, 11) is -2.65. The molecular weight excluding hydrogens is 525 g/mol. The Hall–Kier alpha value is -3.11. The summed E-state index contributed by atoms with van der Waals surface area (Å²) in [5, 5.41) is 5.75. The fraction of sp³-hybridized carbons (Fsp3) is 0.200. The van der Waals surface area contributed by atoms with E-state index in [1.165, 1.54) is 37.4 Å². The number of ether oxygens (including phenoxy) is 1. The van der Waals surface area contributed by atoms with Gasteiger partial charge in [0.05, 0.1) is 28.4 Å². The van der Waals surface area contributed by atoms with Gasteiger partial charge in [-0.1, -0.05) is 53.0 Å². The van der Waals surface area contributed by atoms with Gasteiger partial charge in [-0.2, -0.15) is 0 Å². The van der Waals surface area contributed by atoms with Crippen molar-refractivity contribution in [3.63, 3.8) is 0 Å². The van der Waals surface area contributed by atoms with Crippen LogP contribution in [0.4, 0.5) is 11.4 Å². The average Bonchev–Trinajstić information content (AvgIpc) is 2.82. The average molecular weight is 550 g/mol. The smallest absolute Gasteiger partial charge is 0.264 e. The maximum Gasteiger partial charge on any atom is 0.264 e. The molecule has 0 aromatic heterocycles. The van der Waals surface area contributed by atoms with Crippen LogP contribution in [0.15, 0.2) is 71.6 Å². The van der Waals surface area contributed by atoms with Crippen molar-refractivity contribution < 1.29 is 22.7 Å². The van der Waals surface area contributed by atoms with E-state index in [0.29, 0.717) is 6.61 Å². The molecule has 0 saturated heterocycles. The number of nitrogens with one attached hydrogen (secondary N) is 2. The van der Waals surface area contributed by atoms with Gasteiger partial charge in [-0.3, -0.25) is 13.9 Å². The van der Waals surface area contributed by atoms with Crippen molar-refractivity contribution in [2.24, 2.45) is 0 Å². The summed E-state index contributed by atoms with van der Waals surface area (Å²) >= 11 is 12.3. The van der Waals surface area contributed by atoms with E-state index in [-0.39, 0.29) is 38.4 Å². The predicted molar refractivity (Wildman–Crippen MR) is 141 cm³/mol. The first-order chi connectivity index (χ1) is 17.1. The number of benzene rings is 3. The van der Waals surface area contributed by atoms with Crippen LogP contribution in [0.2, 0.25) is 10.0 Å². The molecule has 0 fully saturated rings. The minimum absolute atomic E-state index is 0.00470. The zero-order valence-corrected chi connectivity index (χ0v) is 22.0. The third-order valence-corrected chi connectivity index (χ3v) is 7.29. The monoisotopic (exact) mass is 549 g/mol. The molecule has 0 bridgehead atoms. The number of aryl methyl sites for hydroxylation is 1. The van der Waals surface area contributed by atoms with E-state index in [0.717, 1.165) is 9.87 Å². The summed E-state index contributed by atoms with van der Waals surface area (Å²) in [4.78, 5) is 25.7. The van der Waals surface area contributed by atoms with Gasteiger partial charge in [0.25, 0.3) is 15.9 Å². The summed E-state index contributed by atoms with van der Waals surface area (Å²) < 4.78 is 33.0. The predicted octanol–water partition coefficient (Wildman–Crippen LogP) is 4.51. The molecule has 8 nitrogen and oxygen atoms in total. The SMILES string of the molecule is COCCNC(=O)c1ccccc1NC(=O)CN(c1cc(Cl)cc(Cl)c1)S(=O)(=O)c1ccc(C)cc1. The summed E-state index contributed by atoms with van der Waals surface area (Å²) in [5.41, 5.74) is 1.45. The Bertz CT molecular complexity index is 1330. The van der Waals surface area contributed by atoms with Crippen molar-refractivity contribution in [3.8, 4) is 0 Å². The van der Waals surface area contributed by atoms with Crippen LogP contribution in [0.3, 0.4) is 0 Å². The fourth-order valence-corrected chi connectivity index (χ4v) is 5.23. The molecule has 0 radical (unpaired) electrons. The van der Waals surface area contributed by atoms with Crippen LogP contribution in [0.25, 0.3) is 0 Å². The second-order valence-electron chi connectivity index (χ2n) is 7.79. The van der Waals surface area contributed by atoms with Crippen molar-refractivity contribution in [2.75, 3.05) is 36.4 Å². The number of methoxy groups -OCH3 is 1. The first-order valence-corrected chi connectivity index (χ1v) is 13.0. The summed E-state index contributed by atoms with van der Waals surface area (Å²) in [6, 6.07) is 16.9. The van der Waals surface area contributed by atoms with E-state index >= 15 is 0 Å². The zero-order valence-electron chi connectivity index (χ0n) is 19.6. The molecule has 0 aliphatic carbocycles. The highest BCUT2D eigenvalue weighted by Crippen LogP contribution is 2.30. The summed E-state index contributed by atoms with van der Waals surface area (Å²) in [6.45, 7) is 1.86. The van der Waals surface area contributed by atoms with Crippen LogP contribution in [0, 0.1) is 6.92 Å². The molecule has 2 N–H and O–H groups in total. The van der Waals surface area contributed by atoms with E-state index < -0.39 is 28.4 Å². The van der Waals surface area contributed by atoms with Gasteiger partial charge in [0.15, 0.2) is 0 Å². The van der Waals surface area contributed by atoms with Crippen molar-refractivity contribution in [1.82, 2.24) is 5.32 Å². The van der Waals surface area contributed by atoms with Gasteiger partial charge in [-0.05, 0) is 49.4 Å².